The van der Waals surface area contributed by atoms with Gasteiger partial charge in [-0.3, -0.25) is 4.79 Å². The quantitative estimate of drug-likeness (QED) is 0.814. The smallest absolute Gasteiger partial charge is 0.269 e. The fourth-order valence-electron chi connectivity index (χ4n) is 1.73. The molecule has 4 N–H and O–H groups in total. The molecule has 5 heteroatoms. The number of aryl methyl sites for hydroxylation is 2. The van der Waals surface area contributed by atoms with E-state index in [0.29, 0.717) is 6.54 Å². The lowest BCUT2D eigenvalue weighted by atomic mass is 10.1. The third-order valence-electron chi connectivity index (χ3n) is 2.58. The average Bonchev–Trinajstić information content (AvgIpc) is 2.69. The summed E-state index contributed by atoms with van der Waals surface area (Å²) in [5.41, 5.74) is 12.3. The molecule has 0 spiro atoms. The second-order valence-electron chi connectivity index (χ2n) is 3.77. The molecule has 0 saturated heterocycles. The molecule has 2 rings (SSSR count). The average molecular weight is 230 g/mol. The van der Waals surface area contributed by atoms with Crippen molar-refractivity contribution in [2.45, 2.75) is 13.0 Å². The fraction of sp³-hybridized carbons (Fsp3) is 0.167. The Morgan fingerprint density at radius 3 is 2.65 bits per heavy atom. The van der Waals surface area contributed by atoms with E-state index in [9.17, 15) is 4.79 Å². The van der Waals surface area contributed by atoms with Crippen LogP contribution in [0, 0.1) is 0 Å². The van der Waals surface area contributed by atoms with E-state index in [1.807, 2.05) is 30.3 Å². The number of hydrogen-bond donors (Lipinski definition) is 2. The number of anilines is 1. The molecule has 1 aromatic heterocycles. The van der Waals surface area contributed by atoms with E-state index in [1.165, 1.54) is 5.56 Å². The maximum absolute atomic E-state index is 11.2. The first-order valence-electron chi connectivity index (χ1n) is 5.33. The molecular weight excluding hydrogens is 216 g/mol. The fourth-order valence-corrected chi connectivity index (χ4v) is 1.73. The first-order valence-corrected chi connectivity index (χ1v) is 5.33. The molecule has 1 amide bonds. The van der Waals surface area contributed by atoms with Crippen LogP contribution in [0.15, 0.2) is 36.7 Å². The van der Waals surface area contributed by atoms with Gasteiger partial charge in [0.1, 0.15) is 0 Å². The van der Waals surface area contributed by atoms with Crippen LogP contribution in [0.1, 0.15) is 16.1 Å². The normalized spacial score (nSPS) is 10.4. The van der Waals surface area contributed by atoms with Gasteiger partial charge < -0.3 is 16.0 Å². The summed E-state index contributed by atoms with van der Waals surface area (Å²) in [6.07, 6.45) is 2.34. The Bertz CT molecular complexity index is 519. The highest BCUT2D eigenvalue weighted by atomic mass is 16.1. The highest BCUT2D eigenvalue weighted by Gasteiger charge is 2.13. The zero-order valence-electron chi connectivity index (χ0n) is 9.34. The third-order valence-corrected chi connectivity index (χ3v) is 2.58. The van der Waals surface area contributed by atoms with Crippen molar-refractivity contribution in [3.63, 3.8) is 0 Å². The summed E-state index contributed by atoms with van der Waals surface area (Å²) < 4.78 is 1.69. The lowest BCUT2D eigenvalue weighted by Crippen LogP contribution is -2.19. The predicted molar refractivity (Wildman–Crippen MR) is 65.3 cm³/mol. The molecule has 0 aliphatic heterocycles. The van der Waals surface area contributed by atoms with Crippen LogP contribution in [-0.4, -0.2) is 15.5 Å². The monoisotopic (exact) mass is 230 g/mol. The summed E-state index contributed by atoms with van der Waals surface area (Å²) in [7, 11) is 0. The summed E-state index contributed by atoms with van der Waals surface area (Å²) in [5.74, 6) is -0.362. The number of amides is 1. The van der Waals surface area contributed by atoms with Gasteiger partial charge in [-0.25, -0.2) is 4.98 Å². The van der Waals surface area contributed by atoms with Crippen LogP contribution in [0.2, 0.25) is 0 Å². The number of aromatic nitrogens is 2. The second kappa shape index (κ2) is 4.69. The summed E-state index contributed by atoms with van der Waals surface area (Å²) in [4.78, 5) is 15.1. The van der Waals surface area contributed by atoms with Crippen LogP contribution in [0.3, 0.4) is 0 Å². The Balaban J connectivity index is 2.12. The molecule has 0 bridgehead atoms. The highest BCUT2D eigenvalue weighted by molar-refractivity contribution is 5.95. The molecule has 88 valence electrons. The zero-order valence-corrected chi connectivity index (χ0v) is 9.34. The van der Waals surface area contributed by atoms with E-state index in [0.717, 1.165) is 6.42 Å². The first-order chi connectivity index (χ1) is 8.18. The molecule has 1 aromatic carbocycles. The van der Waals surface area contributed by atoms with Crippen molar-refractivity contribution in [1.29, 1.82) is 0 Å². The topological polar surface area (TPSA) is 86.9 Å². The second-order valence-corrected chi connectivity index (χ2v) is 3.77. The number of hydrogen-bond acceptors (Lipinski definition) is 3. The van der Waals surface area contributed by atoms with Gasteiger partial charge in [0.15, 0.2) is 11.5 Å². The Morgan fingerprint density at radius 2 is 2.00 bits per heavy atom. The van der Waals surface area contributed by atoms with Gasteiger partial charge in [-0.05, 0) is 12.0 Å². The van der Waals surface area contributed by atoms with Crippen molar-refractivity contribution < 1.29 is 4.79 Å². The van der Waals surface area contributed by atoms with Gasteiger partial charge in [0.25, 0.3) is 5.91 Å². The number of nitrogens with zero attached hydrogens (tertiary/aromatic N) is 2. The zero-order chi connectivity index (χ0) is 12.3. The van der Waals surface area contributed by atoms with E-state index in [1.54, 1.807) is 10.9 Å². The lowest BCUT2D eigenvalue weighted by molar-refractivity contribution is 0.0992. The van der Waals surface area contributed by atoms with E-state index in [4.69, 9.17) is 11.5 Å². The van der Waals surface area contributed by atoms with Crippen LogP contribution in [0.4, 0.5) is 5.82 Å². The molecule has 0 saturated carbocycles. The van der Waals surface area contributed by atoms with Crippen LogP contribution >= 0.6 is 0 Å². The van der Waals surface area contributed by atoms with Gasteiger partial charge in [-0.2, -0.15) is 0 Å². The molecule has 0 fully saturated rings. The molecule has 0 aliphatic carbocycles. The van der Waals surface area contributed by atoms with Gasteiger partial charge in [-0.15, -0.1) is 0 Å². The first kappa shape index (κ1) is 11.2. The van der Waals surface area contributed by atoms with Gasteiger partial charge in [0, 0.05) is 6.54 Å². The summed E-state index contributed by atoms with van der Waals surface area (Å²) in [5, 5.41) is 0. The minimum absolute atomic E-state index is 0.186. The number of rotatable bonds is 4. The summed E-state index contributed by atoms with van der Waals surface area (Å²) in [6.45, 7) is 0.631. The summed E-state index contributed by atoms with van der Waals surface area (Å²) >= 11 is 0. The van der Waals surface area contributed by atoms with Gasteiger partial charge >= 0.3 is 0 Å². The van der Waals surface area contributed by atoms with Crippen molar-refractivity contribution in [3.05, 3.63) is 47.9 Å². The van der Waals surface area contributed by atoms with Gasteiger partial charge in [0.05, 0.1) is 6.33 Å². The molecule has 0 atom stereocenters. The van der Waals surface area contributed by atoms with Crippen molar-refractivity contribution >= 4 is 11.7 Å². The maximum Gasteiger partial charge on any atom is 0.269 e. The third kappa shape index (κ3) is 2.44. The van der Waals surface area contributed by atoms with Crippen molar-refractivity contribution in [3.8, 4) is 0 Å². The number of carbonyl (C=O) groups excluding carboxylic acids is 1. The molecule has 5 nitrogen and oxygen atoms in total. The molecule has 1 heterocycles. The molecule has 0 aliphatic rings. The lowest BCUT2D eigenvalue weighted by Gasteiger charge is -2.06. The Hall–Kier alpha value is -2.30. The van der Waals surface area contributed by atoms with Gasteiger partial charge in [-0.1, -0.05) is 30.3 Å². The predicted octanol–water partition coefficient (Wildman–Crippen LogP) is 0.807. The number of carbonyl (C=O) groups is 1. The Labute approximate surface area is 99.1 Å². The number of imidazole rings is 1. The Morgan fingerprint density at radius 1 is 1.29 bits per heavy atom. The van der Waals surface area contributed by atoms with E-state index < -0.39 is 5.91 Å². The maximum atomic E-state index is 11.2. The molecule has 0 radical (unpaired) electrons. The van der Waals surface area contributed by atoms with E-state index >= 15 is 0 Å². The minimum atomic E-state index is -0.548. The van der Waals surface area contributed by atoms with Crippen molar-refractivity contribution in [2.24, 2.45) is 5.73 Å². The van der Waals surface area contributed by atoms with E-state index in [-0.39, 0.29) is 11.5 Å². The number of nitrogens with two attached hydrogens (primary N) is 2. The van der Waals surface area contributed by atoms with E-state index in [2.05, 4.69) is 4.98 Å². The van der Waals surface area contributed by atoms with Crippen LogP contribution in [-0.2, 0) is 13.0 Å². The largest absolute Gasteiger partial charge is 0.382 e. The standard InChI is InChI=1S/C12H14N4O/c13-11-10(12(14)17)16(8-15-11)7-6-9-4-2-1-3-5-9/h1-5,8H,6-7,13H2,(H2,14,17). The van der Waals surface area contributed by atoms with Crippen LogP contribution < -0.4 is 11.5 Å². The summed E-state index contributed by atoms with van der Waals surface area (Å²) in [6, 6.07) is 9.99. The number of primary amides is 1. The van der Waals surface area contributed by atoms with Crippen LogP contribution in [0.25, 0.3) is 0 Å². The van der Waals surface area contributed by atoms with Crippen molar-refractivity contribution in [2.75, 3.05) is 5.73 Å². The Kier molecular flexibility index (Phi) is 3.09. The number of benzene rings is 1. The SMILES string of the molecule is NC(=O)c1c(N)ncn1CCc1ccccc1. The van der Waals surface area contributed by atoms with Gasteiger partial charge in [0.2, 0.25) is 0 Å². The molecule has 0 unspecified atom stereocenters. The molecular formula is C12H14N4O. The van der Waals surface area contributed by atoms with Crippen molar-refractivity contribution in [1.82, 2.24) is 9.55 Å². The number of nitrogen functional groups attached to an aromatic ring is 1. The molecule has 2 aromatic rings. The minimum Gasteiger partial charge on any atom is -0.382 e. The highest BCUT2D eigenvalue weighted by Crippen LogP contribution is 2.10. The molecule has 17 heavy (non-hydrogen) atoms. The van der Waals surface area contributed by atoms with Crippen LogP contribution in [0.5, 0.6) is 0 Å².